The highest BCUT2D eigenvalue weighted by Gasteiger charge is 2.34. The second-order valence-electron chi connectivity index (χ2n) is 8.72. The Kier molecular flexibility index (Phi) is 6.96. The van der Waals surface area contributed by atoms with E-state index >= 15 is 0 Å². The highest BCUT2D eigenvalue weighted by atomic mass is 35.5. The zero-order valence-corrected chi connectivity index (χ0v) is 21.3. The van der Waals surface area contributed by atoms with E-state index in [1.807, 2.05) is 11.4 Å². The molecule has 0 bridgehead atoms. The lowest BCUT2D eigenvalue weighted by Crippen LogP contribution is -2.53. The van der Waals surface area contributed by atoms with Crippen molar-refractivity contribution >= 4 is 38.9 Å². The molecule has 6 nitrogen and oxygen atoms in total. The number of thiophene rings is 1. The number of carbonyl (C=O) groups excluding carboxylic acids is 1. The smallest absolute Gasteiger partial charge is 0.243 e. The standard InChI is InChI=1S/C25H25ClFN3O3S2/c26-19-4-6-21(7-5-19)35(32,33)30-13-11-28(12-14-30)24(31)17-29-10-8-23-22(9-15-34-23)25(29)18-2-1-3-20(27)16-18/h1-7,9,15-16,25H,8,10-14,17H2. The minimum atomic E-state index is -3.64. The Labute approximate surface area is 213 Å². The molecule has 3 aromatic rings. The third-order valence-corrected chi connectivity index (χ3v) is 9.77. The van der Waals surface area contributed by atoms with Gasteiger partial charge in [0.2, 0.25) is 15.9 Å². The molecule has 184 valence electrons. The Morgan fingerprint density at radius 2 is 1.77 bits per heavy atom. The van der Waals surface area contributed by atoms with E-state index < -0.39 is 10.0 Å². The predicted molar refractivity (Wildman–Crippen MR) is 135 cm³/mol. The van der Waals surface area contributed by atoms with E-state index in [4.69, 9.17) is 11.6 Å². The minimum Gasteiger partial charge on any atom is -0.339 e. The van der Waals surface area contributed by atoms with E-state index in [9.17, 15) is 17.6 Å². The van der Waals surface area contributed by atoms with Gasteiger partial charge in [0.1, 0.15) is 5.82 Å². The summed E-state index contributed by atoms with van der Waals surface area (Å²) in [6, 6.07) is 14.5. The molecule has 0 aliphatic carbocycles. The Morgan fingerprint density at radius 1 is 1.03 bits per heavy atom. The van der Waals surface area contributed by atoms with Crippen LogP contribution in [-0.4, -0.2) is 67.7 Å². The molecule has 1 aromatic heterocycles. The van der Waals surface area contributed by atoms with Gasteiger partial charge in [0.15, 0.2) is 0 Å². The van der Waals surface area contributed by atoms with Gasteiger partial charge in [-0.15, -0.1) is 11.3 Å². The van der Waals surface area contributed by atoms with E-state index in [1.54, 1.807) is 34.4 Å². The fraction of sp³-hybridized carbons (Fsp3) is 0.320. The second-order valence-corrected chi connectivity index (χ2v) is 12.1. The molecular formula is C25H25ClFN3O3S2. The van der Waals surface area contributed by atoms with Gasteiger partial charge in [-0.3, -0.25) is 9.69 Å². The van der Waals surface area contributed by atoms with Crippen LogP contribution in [-0.2, 0) is 21.2 Å². The maximum atomic E-state index is 14.0. The van der Waals surface area contributed by atoms with Crippen LogP contribution in [0.1, 0.15) is 22.0 Å². The first kappa shape index (κ1) is 24.4. The molecule has 2 aromatic carbocycles. The zero-order valence-electron chi connectivity index (χ0n) is 18.9. The number of piperazine rings is 1. The number of halogens is 2. The summed E-state index contributed by atoms with van der Waals surface area (Å²) in [7, 11) is -3.64. The Bertz CT molecular complexity index is 1320. The van der Waals surface area contributed by atoms with Crippen molar-refractivity contribution in [3.63, 3.8) is 0 Å². The molecule has 5 rings (SSSR count). The number of fused-ring (bicyclic) bond motifs is 1. The highest BCUT2D eigenvalue weighted by molar-refractivity contribution is 7.89. The maximum absolute atomic E-state index is 14.0. The van der Waals surface area contributed by atoms with Crippen LogP contribution in [0.5, 0.6) is 0 Å². The molecule has 3 heterocycles. The van der Waals surface area contributed by atoms with E-state index in [0.717, 1.165) is 17.5 Å². The average Bonchev–Trinajstić information content (AvgIpc) is 3.33. The number of sulfonamides is 1. The first-order valence-corrected chi connectivity index (χ1v) is 14.1. The second kappa shape index (κ2) is 9.99. The van der Waals surface area contributed by atoms with Crippen LogP contribution in [0.15, 0.2) is 64.9 Å². The molecule has 2 aliphatic heterocycles. The van der Waals surface area contributed by atoms with Gasteiger partial charge in [-0.25, -0.2) is 12.8 Å². The van der Waals surface area contributed by atoms with E-state index in [1.165, 1.54) is 33.4 Å². The molecule has 10 heteroatoms. The summed E-state index contributed by atoms with van der Waals surface area (Å²) >= 11 is 7.58. The fourth-order valence-corrected chi connectivity index (χ4v) is 7.26. The lowest BCUT2D eigenvalue weighted by Gasteiger charge is -2.39. The van der Waals surface area contributed by atoms with Crippen molar-refractivity contribution in [3.05, 3.63) is 86.8 Å². The monoisotopic (exact) mass is 533 g/mol. The van der Waals surface area contributed by atoms with E-state index in [-0.39, 0.29) is 42.3 Å². The average molecular weight is 534 g/mol. The van der Waals surface area contributed by atoms with Gasteiger partial charge in [-0.1, -0.05) is 23.7 Å². The summed E-state index contributed by atoms with van der Waals surface area (Å²) in [5, 5.41) is 2.52. The van der Waals surface area contributed by atoms with Crippen LogP contribution in [0.4, 0.5) is 4.39 Å². The van der Waals surface area contributed by atoms with Crippen LogP contribution in [0.2, 0.25) is 5.02 Å². The number of carbonyl (C=O) groups is 1. The van der Waals surface area contributed by atoms with Crippen molar-refractivity contribution in [2.24, 2.45) is 0 Å². The summed E-state index contributed by atoms with van der Waals surface area (Å²) in [6.45, 7) is 2.02. The number of hydrogen-bond acceptors (Lipinski definition) is 5. The molecule has 0 radical (unpaired) electrons. The summed E-state index contributed by atoms with van der Waals surface area (Å²) in [5.74, 6) is -0.345. The highest BCUT2D eigenvalue weighted by Crippen LogP contribution is 2.37. The fourth-order valence-electron chi connectivity index (χ4n) is 4.81. The summed E-state index contributed by atoms with van der Waals surface area (Å²) in [6.07, 6.45) is 0.846. The molecule has 0 spiro atoms. The van der Waals surface area contributed by atoms with Crippen LogP contribution < -0.4 is 0 Å². The maximum Gasteiger partial charge on any atom is 0.243 e. The number of hydrogen-bond donors (Lipinski definition) is 0. The van der Waals surface area contributed by atoms with Crippen molar-refractivity contribution in [1.82, 2.24) is 14.1 Å². The van der Waals surface area contributed by atoms with Gasteiger partial charge >= 0.3 is 0 Å². The van der Waals surface area contributed by atoms with Crippen molar-refractivity contribution < 1.29 is 17.6 Å². The predicted octanol–water partition coefficient (Wildman–Crippen LogP) is 4.02. The molecule has 2 aliphatic rings. The Hall–Kier alpha value is -2.30. The summed E-state index contributed by atoms with van der Waals surface area (Å²) < 4.78 is 41.3. The third-order valence-electron chi connectivity index (χ3n) is 6.61. The Balaban J connectivity index is 1.27. The third kappa shape index (κ3) is 5.01. The van der Waals surface area contributed by atoms with Crippen molar-refractivity contribution in [2.75, 3.05) is 39.3 Å². The van der Waals surface area contributed by atoms with Crippen LogP contribution in [0.3, 0.4) is 0 Å². The summed E-state index contributed by atoms with van der Waals surface area (Å²) in [5.41, 5.74) is 1.95. The molecule has 1 saturated heterocycles. The quantitative estimate of drug-likeness (QED) is 0.497. The number of nitrogens with zero attached hydrogens (tertiary/aromatic N) is 3. The topological polar surface area (TPSA) is 60.9 Å². The lowest BCUT2D eigenvalue weighted by atomic mass is 9.93. The van der Waals surface area contributed by atoms with Gasteiger partial charge in [0.25, 0.3) is 0 Å². The van der Waals surface area contributed by atoms with Crippen LogP contribution >= 0.6 is 22.9 Å². The van der Waals surface area contributed by atoms with Gasteiger partial charge in [0.05, 0.1) is 17.5 Å². The Morgan fingerprint density at radius 3 is 2.49 bits per heavy atom. The van der Waals surface area contributed by atoms with Gasteiger partial charge < -0.3 is 4.90 Å². The van der Waals surface area contributed by atoms with E-state index in [0.29, 0.717) is 24.7 Å². The molecule has 1 amide bonds. The molecule has 35 heavy (non-hydrogen) atoms. The number of benzene rings is 2. The van der Waals surface area contributed by atoms with E-state index in [2.05, 4.69) is 11.0 Å². The van der Waals surface area contributed by atoms with Crippen LogP contribution in [0, 0.1) is 5.82 Å². The molecule has 0 N–H and O–H groups in total. The minimum absolute atomic E-state index is 0.0476. The summed E-state index contributed by atoms with van der Waals surface area (Å²) in [4.78, 5) is 18.5. The lowest BCUT2D eigenvalue weighted by molar-refractivity contribution is -0.134. The molecular weight excluding hydrogens is 509 g/mol. The SMILES string of the molecule is O=C(CN1CCc2sccc2C1c1cccc(F)c1)N1CCN(S(=O)(=O)c2ccc(Cl)cc2)CC1. The molecule has 1 atom stereocenters. The van der Waals surface area contributed by atoms with Crippen molar-refractivity contribution in [2.45, 2.75) is 17.4 Å². The largest absolute Gasteiger partial charge is 0.339 e. The first-order valence-electron chi connectivity index (χ1n) is 11.4. The van der Waals surface area contributed by atoms with Crippen molar-refractivity contribution in [1.29, 1.82) is 0 Å². The van der Waals surface area contributed by atoms with Gasteiger partial charge in [0, 0.05) is 42.6 Å². The van der Waals surface area contributed by atoms with Gasteiger partial charge in [-0.05, 0) is 65.4 Å². The molecule has 1 fully saturated rings. The number of amides is 1. The van der Waals surface area contributed by atoms with Crippen molar-refractivity contribution in [3.8, 4) is 0 Å². The normalized spacial score (nSPS) is 19.5. The molecule has 0 saturated carbocycles. The molecule has 1 unspecified atom stereocenters. The first-order chi connectivity index (χ1) is 16.8. The van der Waals surface area contributed by atoms with Crippen LogP contribution in [0.25, 0.3) is 0 Å². The number of rotatable bonds is 5. The zero-order chi connectivity index (χ0) is 24.6. The van der Waals surface area contributed by atoms with Gasteiger partial charge in [-0.2, -0.15) is 4.31 Å².